The van der Waals surface area contributed by atoms with Crippen LogP contribution in [0, 0.1) is 31.1 Å². The van der Waals surface area contributed by atoms with Crippen LogP contribution in [0.5, 0.6) is 0 Å². The van der Waals surface area contributed by atoms with Crippen LogP contribution in [0.25, 0.3) is 0 Å². The van der Waals surface area contributed by atoms with Gasteiger partial charge in [-0.25, -0.2) is 0 Å². The molecule has 2 rings (SSSR count). The second-order valence-corrected chi connectivity index (χ2v) is 4.80. The Labute approximate surface area is 107 Å². The Morgan fingerprint density at radius 2 is 2.22 bits per heavy atom. The van der Waals surface area contributed by atoms with E-state index in [1.165, 1.54) is 0 Å². The number of hydrogen-bond acceptors (Lipinski definition) is 5. The standard InChI is InChI=1S/C13H18N4O/c1-8-9(2)16-17-13(12(8)6-14)15-10(3)11-4-5-18-7-11/h10-11H,4-5,7H2,1-3H3,(H,15,17). The maximum atomic E-state index is 9.22. The monoisotopic (exact) mass is 246 g/mol. The summed E-state index contributed by atoms with van der Waals surface area (Å²) in [5.41, 5.74) is 2.28. The molecule has 2 heterocycles. The van der Waals surface area contributed by atoms with Crippen LogP contribution in [0.3, 0.4) is 0 Å². The highest BCUT2D eigenvalue weighted by Crippen LogP contribution is 2.22. The highest BCUT2D eigenvalue weighted by molar-refractivity contribution is 5.56. The summed E-state index contributed by atoms with van der Waals surface area (Å²) in [5.74, 6) is 1.06. The number of nitrogens with zero attached hydrogens (tertiary/aromatic N) is 3. The fraction of sp³-hybridized carbons (Fsp3) is 0.615. The largest absolute Gasteiger partial charge is 0.381 e. The van der Waals surface area contributed by atoms with Gasteiger partial charge in [-0.2, -0.15) is 10.4 Å². The Bertz CT molecular complexity index is 475. The van der Waals surface area contributed by atoms with E-state index < -0.39 is 0 Å². The number of nitriles is 1. The highest BCUT2D eigenvalue weighted by atomic mass is 16.5. The molecule has 0 amide bonds. The van der Waals surface area contributed by atoms with E-state index >= 15 is 0 Å². The summed E-state index contributed by atoms with van der Waals surface area (Å²) in [4.78, 5) is 0. The van der Waals surface area contributed by atoms with Crippen molar-refractivity contribution in [3.05, 3.63) is 16.8 Å². The zero-order valence-electron chi connectivity index (χ0n) is 11.0. The number of ether oxygens (including phenoxy) is 1. The van der Waals surface area contributed by atoms with Crippen LogP contribution in [0.15, 0.2) is 0 Å². The molecule has 2 atom stereocenters. The molecule has 1 aliphatic rings. The first-order chi connectivity index (χ1) is 8.63. The summed E-state index contributed by atoms with van der Waals surface area (Å²) < 4.78 is 5.37. The number of anilines is 1. The van der Waals surface area contributed by atoms with Gasteiger partial charge in [-0.1, -0.05) is 0 Å². The minimum atomic E-state index is 0.232. The van der Waals surface area contributed by atoms with Gasteiger partial charge in [0, 0.05) is 18.6 Å². The summed E-state index contributed by atoms with van der Waals surface area (Å²) >= 11 is 0. The fourth-order valence-corrected chi connectivity index (χ4v) is 2.13. The van der Waals surface area contributed by atoms with Crippen molar-refractivity contribution >= 4 is 5.82 Å². The quantitative estimate of drug-likeness (QED) is 0.880. The van der Waals surface area contributed by atoms with E-state index in [2.05, 4.69) is 28.5 Å². The van der Waals surface area contributed by atoms with E-state index in [0.717, 1.165) is 30.9 Å². The van der Waals surface area contributed by atoms with Gasteiger partial charge in [0.2, 0.25) is 0 Å². The zero-order chi connectivity index (χ0) is 13.1. The van der Waals surface area contributed by atoms with E-state index in [4.69, 9.17) is 4.74 Å². The van der Waals surface area contributed by atoms with E-state index in [1.54, 1.807) is 0 Å². The molecule has 1 N–H and O–H groups in total. The number of aromatic nitrogens is 2. The van der Waals surface area contributed by atoms with Crippen LogP contribution < -0.4 is 5.32 Å². The molecule has 0 spiro atoms. The van der Waals surface area contributed by atoms with Crippen molar-refractivity contribution in [1.29, 1.82) is 5.26 Å². The summed E-state index contributed by atoms with van der Waals surface area (Å²) in [6.07, 6.45) is 1.05. The third-order valence-corrected chi connectivity index (χ3v) is 3.60. The third kappa shape index (κ3) is 2.44. The summed E-state index contributed by atoms with van der Waals surface area (Å²) in [6, 6.07) is 2.44. The Kier molecular flexibility index (Phi) is 3.78. The number of hydrogen-bond donors (Lipinski definition) is 1. The second-order valence-electron chi connectivity index (χ2n) is 4.80. The van der Waals surface area contributed by atoms with Gasteiger partial charge in [-0.05, 0) is 32.8 Å². The van der Waals surface area contributed by atoms with Gasteiger partial charge in [0.1, 0.15) is 11.6 Å². The average Bonchev–Trinajstić information content (AvgIpc) is 2.88. The predicted molar refractivity (Wildman–Crippen MR) is 68.2 cm³/mol. The molecule has 0 aromatic carbocycles. The van der Waals surface area contributed by atoms with Crippen molar-refractivity contribution in [3.8, 4) is 6.07 Å². The van der Waals surface area contributed by atoms with Gasteiger partial charge < -0.3 is 10.1 Å². The van der Waals surface area contributed by atoms with Gasteiger partial charge >= 0.3 is 0 Å². The molecule has 1 aliphatic heterocycles. The molecule has 2 unspecified atom stereocenters. The van der Waals surface area contributed by atoms with Crippen molar-refractivity contribution in [2.75, 3.05) is 18.5 Å². The molecular weight excluding hydrogens is 228 g/mol. The smallest absolute Gasteiger partial charge is 0.167 e. The molecular formula is C13H18N4O. The lowest BCUT2D eigenvalue weighted by molar-refractivity contribution is 0.183. The van der Waals surface area contributed by atoms with E-state index in [9.17, 15) is 5.26 Å². The molecule has 1 saturated heterocycles. The molecule has 1 aromatic rings. The van der Waals surface area contributed by atoms with Gasteiger partial charge in [0.05, 0.1) is 12.3 Å². The number of nitrogens with one attached hydrogen (secondary N) is 1. The SMILES string of the molecule is Cc1nnc(NC(C)C2CCOC2)c(C#N)c1C. The average molecular weight is 246 g/mol. The minimum absolute atomic E-state index is 0.232. The van der Waals surface area contributed by atoms with Crippen LogP contribution >= 0.6 is 0 Å². The fourth-order valence-electron chi connectivity index (χ4n) is 2.13. The van der Waals surface area contributed by atoms with Crippen LogP contribution in [-0.2, 0) is 4.74 Å². The molecule has 18 heavy (non-hydrogen) atoms. The number of aryl methyl sites for hydroxylation is 1. The maximum absolute atomic E-state index is 9.22. The topological polar surface area (TPSA) is 70.8 Å². The second kappa shape index (κ2) is 5.32. The van der Waals surface area contributed by atoms with Crippen LogP contribution in [-0.4, -0.2) is 29.5 Å². The lowest BCUT2D eigenvalue weighted by Gasteiger charge is -2.20. The minimum Gasteiger partial charge on any atom is -0.381 e. The van der Waals surface area contributed by atoms with Crippen molar-refractivity contribution in [3.63, 3.8) is 0 Å². The lowest BCUT2D eigenvalue weighted by Crippen LogP contribution is -2.27. The molecule has 96 valence electrons. The normalized spacial score (nSPS) is 20.4. The van der Waals surface area contributed by atoms with E-state index in [0.29, 0.717) is 17.3 Å². The first-order valence-electron chi connectivity index (χ1n) is 6.21. The Morgan fingerprint density at radius 3 is 2.83 bits per heavy atom. The lowest BCUT2D eigenvalue weighted by atomic mass is 10.0. The van der Waals surface area contributed by atoms with Gasteiger partial charge in [-0.3, -0.25) is 0 Å². The van der Waals surface area contributed by atoms with Crippen molar-refractivity contribution < 1.29 is 4.74 Å². The Morgan fingerprint density at radius 1 is 1.44 bits per heavy atom. The molecule has 0 bridgehead atoms. The number of rotatable bonds is 3. The van der Waals surface area contributed by atoms with Crippen molar-refractivity contribution in [2.24, 2.45) is 5.92 Å². The molecule has 5 heteroatoms. The van der Waals surface area contributed by atoms with Crippen LogP contribution in [0.4, 0.5) is 5.82 Å². The maximum Gasteiger partial charge on any atom is 0.167 e. The van der Waals surface area contributed by atoms with Crippen LogP contribution in [0.1, 0.15) is 30.2 Å². The molecule has 0 saturated carbocycles. The molecule has 1 aromatic heterocycles. The molecule has 0 radical (unpaired) electrons. The van der Waals surface area contributed by atoms with E-state index in [-0.39, 0.29) is 6.04 Å². The first-order valence-corrected chi connectivity index (χ1v) is 6.21. The predicted octanol–water partition coefficient (Wildman–Crippen LogP) is 1.80. The summed E-state index contributed by atoms with van der Waals surface area (Å²) in [5, 5.41) is 20.7. The Balaban J connectivity index is 2.18. The van der Waals surface area contributed by atoms with Crippen LogP contribution in [0.2, 0.25) is 0 Å². The molecule has 0 aliphatic carbocycles. The molecule has 1 fully saturated rings. The van der Waals surface area contributed by atoms with E-state index in [1.807, 2.05) is 13.8 Å². The Hall–Kier alpha value is -1.67. The first kappa shape index (κ1) is 12.8. The van der Waals surface area contributed by atoms with Crippen molar-refractivity contribution in [1.82, 2.24) is 10.2 Å². The molecule has 5 nitrogen and oxygen atoms in total. The van der Waals surface area contributed by atoms with Gasteiger partial charge in [0.15, 0.2) is 5.82 Å². The summed E-state index contributed by atoms with van der Waals surface area (Å²) in [7, 11) is 0. The van der Waals surface area contributed by atoms with Gasteiger partial charge in [0.25, 0.3) is 0 Å². The highest BCUT2D eigenvalue weighted by Gasteiger charge is 2.23. The third-order valence-electron chi connectivity index (χ3n) is 3.60. The van der Waals surface area contributed by atoms with Crippen molar-refractivity contribution in [2.45, 2.75) is 33.2 Å². The van der Waals surface area contributed by atoms with Gasteiger partial charge in [-0.15, -0.1) is 5.10 Å². The summed E-state index contributed by atoms with van der Waals surface area (Å²) in [6.45, 7) is 7.45. The zero-order valence-corrected chi connectivity index (χ0v) is 11.0.